The predicted molar refractivity (Wildman–Crippen MR) is 63.7 cm³/mol. The van der Waals surface area contributed by atoms with Gasteiger partial charge < -0.3 is 23.4 Å². The maximum Gasteiger partial charge on any atom is 0.457 e. The summed E-state index contributed by atoms with van der Waals surface area (Å²) in [6.45, 7) is 4.50. The largest absolute Gasteiger partial charge is 0.457 e. The van der Waals surface area contributed by atoms with Crippen molar-refractivity contribution >= 4 is 20.5 Å². The third-order valence-corrected chi connectivity index (χ3v) is 3.14. The monoisotopic (exact) mass is 240 g/mol. The van der Waals surface area contributed by atoms with Crippen LogP contribution in [-0.4, -0.2) is 45.4 Å². The second-order valence-corrected chi connectivity index (χ2v) is 4.36. The highest BCUT2D eigenvalue weighted by atomic mass is 16.7. The van der Waals surface area contributed by atoms with Crippen LogP contribution < -0.4 is 0 Å². The molecule has 2 rings (SSSR count). The quantitative estimate of drug-likeness (QED) is 0.537. The minimum Gasteiger partial charge on any atom is -0.408 e. The average molecular weight is 240 g/mol. The number of hydrogen-bond acceptors (Lipinski definition) is 5. The lowest BCUT2D eigenvalue weighted by molar-refractivity contribution is -0.135. The Labute approximate surface area is 102 Å². The van der Waals surface area contributed by atoms with Gasteiger partial charge in [-0.1, -0.05) is 13.8 Å². The molecule has 0 saturated carbocycles. The third-order valence-electron chi connectivity index (χ3n) is 3.14. The summed E-state index contributed by atoms with van der Waals surface area (Å²) in [6.07, 6.45) is 2.23. The Balaban J connectivity index is 2.03. The molecule has 3 atom stereocenters. The summed E-state index contributed by atoms with van der Waals surface area (Å²) in [4.78, 5) is 10.7. The molecule has 94 valence electrons. The smallest absolute Gasteiger partial charge is 0.408 e. The number of rotatable bonds is 4. The summed E-state index contributed by atoms with van der Waals surface area (Å²) in [5, 5.41) is 0. The van der Waals surface area contributed by atoms with Crippen LogP contribution in [0.5, 0.6) is 0 Å². The van der Waals surface area contributed by atoms with E-state index in [1.807, 2.05) is 13.8 Å². The van der Waals surface area contributed by atoms with Crippen molar-refractivity contribution in [2.45, 2.75) is 51.2 Å². The molecule has 0 bridgehead atoms. The molecule has 0 radical (unpaired) electrons. The van der Waals surface area contributed by atoms with Crippen molar-refractivity contribution in [1.82, 2.24) is 0 Å². The van der Waals surface area contributed by atoms with Crippen LogP contribution in [0.15, 0.2) is 0 Å². The van der Waals surface area contributed by atoms with Crippen LogP contribution in [0.3, 0.4) is 0 Å². The first-order chi connectivity index (χ1) is 8.28. The highest BCUT2D eigenvalue weighted by molar-refractivity contribution is 6.45. The summed E-state index contributed by atoms with van der Waals surface area (Å²) in [7, 11) is -0.470. The van der Waals surface area contributed by atoms with Crippen molar-refractivity contribution in [2.75, 3.05) is 6.61 Å². The number of hydrogen-bond donors (Lipinski definition) is 0. The van der Waals surface area contributed by atoms with Gasteiger partial charge in [0.2, 0.25) is 0 Å². The molecular weight excluding hydrogens is 222 g/mol. The van der Waals surface area contributed by atoms with Gasteiger partial charge in [0.05, 0.1) is 24.9 Å². The molecule has 3 unspecified atom stereocenters. The van der Waals surface area contributed by atoms with E-state index in [1.165, 1.54) is 0 Å². The Morgan fingerprint density at radius 1 is 1.18 bits per heavy atom. The predicted octanol–water partition coefficient (Wildman–Crippen LogP) is 0.791. The Hall–Kier alpha value is -0.360. The summed E-state index contributed by atoms with van der Waals surface area (Å²) in [6, 6.07) is 0. The minimum absolute atomic E-state index is 0.124. The van der Waals surface area contributed by atoms with E-state index in [9.17, 15) is 4.79 Å². The molecule has 0 aliphatic carbocycles. The molecule has 2 saturated heterocycles. The number of fused-ring (bicyclic) bond motifs is 1. The molecule has 2 heterocycles. The summed E-state index contributed by atoms with van der Waals surface area (Å²) < 4.78 is 22.7. The van der Waals surface area contributed by atoms with Gasteiger partial charge in [-0.15, -0.1) is 0 Å². The van der Waals surface area contributed by atoms with Crippen molar-refractivity contribution in [1.29, 1.82) is 0 Å². The van der Waals surface area contributed by atoms with Crippen molar-refractivity contribution < 1.29 is 23.4 Å². The Kier molecular flexibility index (Phi) is 4.62. The first-order valence-corrected chi connectivity index (χ1v) is 6.30. The maximum absolute atomic E-state index is 10.7. The molecule has 0 aromatic heterocycles. The SMILES string of the molecule is CCB1OC(CC=O)C2OB(CC)OCC2O1. The molecule has 2 fully saturated rings. The van der Waals surface area contributed by atoms with Gasteiger partial charge in [-0.3, -0.25) is 0 Å². The number of carbonyl (C=O) groups is 1. The number of carbonyl (C=O) groups excluding carboxylic acids is 1. The lowest BCUT2D eigenvalue weighted by Gasteiger charge is -2.44. The molecule has 0 N–H and O–H groups in total. The van der Waals surface area contributed by atoms with Gasteiger partial charge in [0, 0.05) is 6.42 Å². The molecule has 0 spiro atoms. The fourth-order valence-corrected chi connectivity index (χ4v) is 2.23. The molecule has 5 nitrogen and oxygen atoms in total. The summed E-state index contributed by atoms with van der Waals surface area (Å²) >= 11 is 0. The van der Waals surface area contributed by atoms with Crippen LogP contribution in [0.2, 0.25) is 12.6 Å². The first-order valence-electron chi connectivity index (χ1n) is 6.30. The van der Waals surface area contributed by atoms with Gasteiger partial charge in [-0.25, -0.2) is 0 Å². The summed E-state index contributed by atoms with van der Waals surface area (Å²) in [5.41, 5.74) is 0. The van der Waals surface area contributed by atoms with Crippen LogP contribution in [0, 0.1) is 0 Å². The van der Waals surface area contributed by atoms with Gasteiger partial charge in [0.15, 0.2) is 0 Å². The van der Waals surface area contributed by atoms with Gasteiger partial charge in [0.25, 0.3) is 0 Å². The van der Waals surface area contributed by atoms with E-state index in [-0.39, 0.29) is 32.5 Å². The zero-order chi connectivity index (χ0) is 12.3. The zero-order valence-corrected chi connectivity index (χ0v) is 10.3. The van der Waals surface area contributed by atoms with Gasteiger partial charge >= 0.3 is 14.2 Å². The van der Waals surface area contributed by atoms with Crippen LogP contribution in [0.4, 0.5) is 0 Å². The van der Waals surface area contributed by atoms with Crippen molar-refractivity contribution in [3.63, 3.8) is 0 Å². The molecule has 7 heteroatoms. The van der Waals surface area contributed by atoms with E-state index in [0.717, 1.165) is 18.9 Å². The summed E-state index contributed by atoms with van der Waals surface area (Å²) in [5.74, 6) is 0. The molecule has 0 aromatic rings. The lowest BCUT2D eigenvalue weighted by Crippen LogP contribution is -2.59. The van der Waals surface area contributed by atoms with Gasteiger partial charge in [-0.2, -0.15) is 0 Å². The van der Waals surface area contributed by atoms with E-state index < -0.39 is 0 Å². The Morgan fingerprint density at radius 3 is 2.59 bits per heavy atom. The van der Waals surface area contributed by atoms with Crippen LogP contribution >= 0.6 is 0 Å². The normalized spacial score (nSPS) is 33.4. The van der Waals surface area contributed by atoms with Crippen LogP contribution in [0.1, 0.15) is 20.3 Å². The van der Waals surface area contributed by atoms with E-state index in [4.69, 9.17) is 18.6 Å². The van der Waals surface area contributed by atoms with Gasteiger partial charge in [-0.05, 0) is 12.6 Å². The Bertz CT molecular complexity index is 265. The minimum atomic E-state index is -0.258. The van der Waals surface area contributed by atoms with Crippen molar-refractivity contribution in [2.24, 2.45) is 0 Å². The number of aldehydes is 1. The first kappa shape index (κ1) is 13.1. The molecule has 2 aliphatic heterocycles. The second kappa shape index (κ2) is 6.00. The van der Waals surface area contributed by atoms with E-state index >= 15 is 0 Å². The van der Waals surface area contributed by atoms with Crippen LogP contribution in [-0.2, 0) is 23.4 Å². The Morgan fingerprint density at radius 2 is 1.94 bits per heavy atom. The third kappa shape index (κ3) is 2.91. The fourth-order valence-electron chi connectivity index (χ4n) is 2.23. The van der Waals surface area contributed by atoms with Crippen molar-refractivity contribution in [3.8, 4) is 0 Å². The second-order valence-electron chi connectivity index (χ2n) is 4.36. The van der Waals surface area contributed by atoms with E-state index in [1.54, 1.807) is 0 Å². The van der Waals surface area contributed by atoms with Gasteiger partial charge in [0.1, 0.15) is 6.29 Å². The van der Waals surface area contributed by atoms with Crippen LogP contribution in [0.25, 0.3) is 0 Å². The molecule has 0 amide bonds. The molecule has 0 aromatic carbocycles. The maximum atomic E-state index is 10.7. The zero-order valence-electron chi connectivity index (χ0n) is 10.3. The fraction of sp³-hybridized carbons (Fsp3) is 0.900. The van der Waals surface area contributed by atoms with Crippen molar-refractivity contribution in [3.05, 3.63) is 0 Å². The molecule has 17 heavy (non-hydrogen) atoms. The highest BCUT2D eigenvalue weighted by Crippen LogP contribution is 2.28. The molecular formula is C10H18B2O5. The standard InChI is InChI=1S/C10H18B2O5/c1-3-11-14-7-9-10(17-11)8(5-6-13)15-12(4-2)16-9/h6,8-10H,3-5,7H2,1-2H3. The highest BCUT2D eigenvalue weighted by Gasteiger charge is 2.46. The topological polar surface area (TPSA) is 54.0 Å². The van der Waals surface area contributed by atoms with E-state index in [0.29, 0.717) is 13.0 Å². The molecule has 2 aliphatic rings. The average Bonchev–Trinajstić information content (AvgIpc) is 2.38. The van der Waals surface area contributed by atoms with E-state index in [2.05, 4.69) is 0 Å². The lowest BCUT2D eigenvalue weighted by atomic mass is 9.78.